The third-order valence-electron chi connectivity index (χ3n) is 6.46. The van der Waals surface area contributed by atoms with Crippen LogP contribution < -0.4 is 5.32 Å². The zero-order valence-corrected chi connectivity index (χ0v) is 21.6. The van der Waals surface area contributed by atoms with Crippen molar-refractivity contribution in [3.05, 3.63) is 69.8 Å². The fraction of sp³-hybridized carbons (Fsp3) is 0.308. The van der Waals surface area contributed by atoms with Gasteiger partial charge in [-0.2, -0.15) is 36.4 Å². The minimum Gasteiger partial charge on any atom is -0.353 e. The average molecular weight is 582 g/mol. The van der Waals surface area contributed by atoms with Crippen molar-refractivity contribution >= 4 is 45.7 Å². The van der Waals surface area contributed by atoms with Crippen LogP contribution >= 0.6 is 11.8 Å². The van der Waals surface area contributed by atoms with E-state index in [4.69, 9.17) is 0 Å². The van der Waals surface area contributed by atoms with E-state index in [1.54, 1.807) is 24.3 Å². The molecular formula is C26H21F6N5O2S. The fourth-order valence-corrected chi connectivity index (χ4v) is 5.51. The summed E-state index contributed by atoms with van der Waals surface area (Å²) in [5.74, 6) is 0.379. The van der Waals surface area contributed by atoms with Gasteiger partial charge in [-0.25, -0.2) is 0 Å². The van der Waals surface area contributed by atoms with Crippen molar-refractivity contribution in [2.75, 3.05) is 13.1 Å². The van der Waals surface area contributed by atoms with Crippen LogP contribution in [-0.4, -0.2) is 50.8 Å². The van der Waals surface area contributed by atoms with Crippen molar-refractivity contribution < 1.29 is 35.9 Å². The molecule has 7 nitrogen and oxygen atoms in total. The number of hydrogen-bond acceptors (Lipinski definition) is 5. The molecule has 1 aromatic heterocycles. The number of hydrogen-bond donors (Lipinski definition) is 1. The second-order valence-electron chi connectivity index (χ2n) is 9.46. The van der Waals surface area contributed by atoms with Crippen molar-refractivity contribution in [3.63, 3.8) is 0 Å². The number of carbonyl (C=O) groups excluding carboxylic acids is 2. The number of rotatable bonds is 4. The predicted octanol–water partition coefficient (Wildman–Crippen LogP) is 5.94. The van der Waals surface area contributed by atoms with Gasteiger partial charge in [0.05, 0.1) is 28.1 Å². The lowest BCUT2D eigenvalue weighted by Gasteiger charge is -2.18. The van der Waals surface area contributed by atoms with E-state index in [1.807, 2.05) is 4.90 Å². The maximum absolute atomic E-state index is 13.6. The van der Waals surface area contributed by atoms with Crippen LogP contribution in [0.15, 0.2) is 52.5 Å². The molecule has 1 fully saturated rings. The first-order chi connectivity index (χ1) is 18.8. The quantitative estimate of drug-likeness (QED) is 0.386. The summed E-state index contributed by atoms with van der Waals surface area (Å²) in [5, 5.41) is 7.37. The number of fused-ring (bicyclic) bond motifs is 1. The van der Waals surface area contributed by atoms with Gasteiger partial charge in [-0.05, 0) is 59.7 Å². The first-order valence-electron chi connectivity index (χ1n) is 12.1. The van der Waals surface area contributed by atoms with Gasteiger partial charge < -0.3 is 10.2 Å². The molecule has 0 aliphatic carbocycles. The van der Waals surface area contributed by atoms with Gasteiger partial charge in [0.2, 0.25) is 5.91 Å². The Morgan fingerprint density at radius 1 is 1.12 bits per heavy atom. The summed E-state index contributed by atoms with van der Waals surface area (Å²) < 4.78 is 80.9. The summed E-state index contributed by atoms with van der Waals surface area (Å²) >= 11 is 0.972. The highest BCUT2D eigenvalue weighted by molar-refractivity contribution is 8.18. The Kier molecular flexibility index (Phi) is 7.15. The zero-order valence-electron chi connectivity index (χ0n) is 20.8. The Labute approximate surface area is 227 Å². The summed E-state index contributed by atoms with van der Waals surface area (Å²) in [6.45, 7) is 2.19. The Hall–Kier alpha value is -3.81. The molecule has 2 aromatic carbocycles. The second kappa shape index (κ2) is 10.3. The largest absolute Gasteiger partial charge is 0.416 e. The third kappa shape index (κ3) is 6.01. The van der Waals surface area contributed by atoms with Crippen LogP contribution in [0.2, 0.25) is 0 Å². The molecule has 0 spiro atoms. The minimum atomic E-state index is -4.98. The van der Waals surface area contributed by atoms with Gasteiger partial charge in [0.1, 0.15) is 5.84 Å². The molecule has 3 heterocycles. The van der Waals surface area contributed by atoms with Gasteiger partial charge >= 0.3 is 17.6 Å². The number of likely N-dealkylation sites (tertiary alicyclic amines) is 1. The Balaban J connectivity index is 1.39. The standard InChI is InChI=1S/C26H21F6N5O2S/c1-14(38)33-19-6-7-36(13-19)23-22(40-24(39)34-23)9-15-2-5-21-17(8-15)12-37(35-21)11-16-3-4-18(25(27,28)29)10-20(16)26(30,31)32/h2-5,8-10,12,19H,6-7,11,13H2,1H3,(H,33,38)/b22-9-/t19-/m0/s1. The van der Waals surface area contributed by atoms with Gasteiger partial charge in [0, 0.05) is 37.6 Å². The van der Waals surface area contributed by atoms with Crippen molar-refractivity contribution in [3.8, 4) is 0 Å². The van der Waals surface area contributed by atoms with Crippen LogP contribution in [0.3, 0.4) is 0 Å². The smallest absolute Gasteiger partial charge is 0.353 e. The number of alkyl halides is 6. The zero-order chi connectivity index (χ0) is 28.8. The number of halogens is 6. The number of amides is 2. The van der Waals surface area contributed by atoms with Gasteiger partial charge in [-0.3, -0.25) is 14.3 Å². The molecule has 210 valence electrons. The number of nitrogens with zero attached hydrogens (tertiary/aromatic N) is 4. The highest BCUT2D eigenvalue weighted by atomic mass is 32.2. The van der Waals surface area contributed by atoms with Crippen LogP contribution in [-0.2, 0) is 23.7 Å². The lowest BCUT2D eigenvalue weighted by Crippen LogP contribution is -2.37. The van der Waals surface area contributed by atoms with Crippen LogP contribution in [0.5, 0.6) is 0 Å². The molecule has 2 aliphatic rings. The molecule has 3 aromatic rings. The molecule has 1 N–H and O–H groups in total. The first kappa shape index (κ1) is 27.7. The van der Waals surface area contributed by atoms with E-state index in [0.717, 1.165) is 17.8 Å². The number of aromatic nitrogens is 2. The SMILES string of the molecule is CC(=O)N[C@H]1CCN(C2=NC(=O)S/C2=C\c2ccc3nn(Cc4ccc(C(F)(F)F)cc4C(F)(F)F)cc3c2)C1. The molecule has 2 aliphatic heterocycles. The number of thioether (sulfide) groups is 1. The molecule has 14 heteroatoms. The summed E-state index contributed by atoms with van der Waals surface area (Å²) in [5.41, 5.74) is -1.92. The van der Waals surface area contributed by atoms with E-state index in [0.29, 0.717) is 52.8 Å². The molecule has 0 radical (unpaired) electrons. The van der Waals surface area contributed by atoms with Crippen LogP contribution in [0.1, 0.15) is 35.6 Å². The molecule has 0 unspecified atom stereocenters. The summed E-state index contributed by atoms with van der Waals surface area (Å²) in [6, 6.07) is 6.64. The van der Waals surface area contributed by atoms with Crippen LogP contribution in [0.25, 0.3) is 17.0 Å². The van der Waals surface area contributed by atoms with E-state index < -0.39 is 23.5 Å². The van der Waals surface area contributed by atoms with E-state index in [2.05, 4.69) is 15.4 Å². The summed E-state index contributed by atoms with van der Waals surface area (Å²) in [6.07, 6.45) is -5.89. The Morgan fingerprint density at radius 2 is 1.90 bits per heavy atom. The molecule has 1 atom stereocenters. The van der Waals surface area contributed by atoms with Gasteiger partial charge in [-0.15, -0.1) is 0 Å². The van der Waals surface area contributed by atoms with Crippen LogP contribution in [0, 0.1) is 0 Å². The lowest BCUT2D eigenvalue weighted by molar-refractivity contribution is -0.143. The fourth-order valence-electron chi connectivity index (χ4n) is 4.73. The van der Waals surface area contributed by atoms with E-state index in [9.17, 15) is 35.9 Å². The highest BCUT2D eigenvalue weighted by Crippen LogP contribution is 2.38. The molecule has 0 bridgehead atoms. The normalized spacial score (nSPS) is 19.1. The number of aliphatic imine (C=N–C) groups is 1. The minimum absolute atomic E-state index is 0.0492. The molecule has 2 amide bonds. The molecule has 0 saturated carbocycles. The Bertz CT molecular complexity index is 1560. The molecule has 1 saturated heterocycles. The van der Waals surface area contributed by atoms with E-state index in [-0.39, 0.29) is 35.4 Å². The van der Waals surface area contributed by atoms with Crippen molar-refractivity contribution in [2.45, 2.75) is 38.3 Å². The van der Waals surface area contributed by atoms with Crippen molar-refractivity contribution in [2.24, 2.45) is 4.99 Å². The van der Waals surface area contributed by atoms with E-state index >= 15 is 0 Å². The maximum Gasteiger partial charge on any atom is 0.416 e. The third-order valence-corrected chi connectivity index (χ3v) is 7.24. The van der Waals surface area contributed by atoms with E-state index in [1.165, 1.54) is 17.8 Å². The number of amidine groups is 1. The van der Waals surface area contributed by atoms with Gasteiger partial charge in [0.15, 0.2) is 0 Å². The Morgan fingerprint density at radius 3 is 2.60 bits per heavy atom. The first-order valence-corrected chi connectivity index (χ1v) is 12.9. The maximum atomic E-state index is 13.6. The monoisotopic (exact) mass is 581 g/mol. The predicted molar refractivity (Wildman–Crippen MR) is 137 cm³/mol. The summed E-state index contributed by atoms with van der Waals surface area (Å²) in [4.78, 5) is 30.2. The number of nitrogens with one attached hydrogen (secondary N) is 1. The lowest BCUT2D eigenvalue weighted by atomic mass is 10.0. The second-order valence-corrected chi connectivity index (χ2v) is 10.4. The van der Waals surface area contributed by atoms with Crippen molar-refractivity contribution in [1.82, 2.24) is 20.0 Å². The van der Waals surface area contributed by atoms with Crippen LogP contribution in [0.4, 0.5) is 31.1 Å². The number of carbonyl (C=O) groups is 2. The molecule has 40 heavy (non-hydrogen) atoms. The van der Waals surface area contributed by atoms with Gasteiger partial charge in [-0.1, -0.05) is 12.1 Å². The molecule has 5 rings (SSSR count). The molecular weight excluding hydrogens is 560 g/mol. The highest BCUT2D eigenvalue weighted by Gasteiger charge is 2.38. The summed E-state index contributed by atoms with van der Waals surface area (Å²) in [7, 11) is 0. The topological polar surface area (TPSA) is 79.6 Å². The number of benzene rings is 2. The van der Waals surface area contributed by atoms with Gasteiger partial charge in [0.25, 0.3) is 0 Å². The van der Waals surface area contributed by atoms with Crippen molar-refractivity contribution in [1.29, 1.82) is 0 Å². The average Bonchev–Trinajstić information content (AvgIpc) is 3.55.